The highest BCUT2D eigenvalue weighted by Gasteiger charge is 2.39. The smallest absolute Gasteiger partial charge is 0.108 e. The number of fused-ring (bicyclic) bond motifs is 1. The molecule has 0 unspecified atom stereocenters. The summed E-state index contributed by atoms with van der Waals surface area (Å²) in [5.74, 6) is 1.13. The molecule has 2 heterocycles. The Hall–Kier alpha value is -1.18. The van der Waals surface area contributed by atoms with Crippen molar-refractivity contribution >= 4 is 17.4 Å². The lowest BCUT2D eigenvalue weighted by Crippen LogP contribution is -2.43. The molecule has 0 amide bonds. The van der Waals surface area contributed by atoms with Gasteiger partial charge in [-0.15, -0.1) is 11.8 Å². The summed E-state index contributed by atoms with van der Waals surface area (Å²) < 4.78 is 5.17. The minimum Gasteiger partial charge on any atom is -0.383 e. The van der Waals surface area contributed by atoms with Gasteiger partial charge in [-0.1, -0.05) is 6.07 Å². The molecular formula is C13H14N2OS. The zero-order chi connectivity index (χ0) is 11.7. The molecule has 3 rings (SSSR count). The first-order valence-electron chi connectivity index (χ1n) is 5.80. The van der Waals surface area contributed by atoms with Crippen molar-refractivity contribution in [2.75, 3.05) is 30.8 Å². The highest BCUT2D eigenvalue weighted by molar-refractivity contribution is 7.99. The van der Waals surface area contributed by atoms with Gasteiger partial charge in [0.25, 0.3) is 0 Å². The molecule has 1 aromatic rings. The number of hydrogen-bond donors (Lipinski definition) is 1. The number of thioether (sulfide) groups is 1. The molecule has 88 valence electrons. The van der Waals surface area contributed by atoms with E-state index < -0.39 is 0 Å². The summed E-state index contributed by atoms with van der Waals surface area (Å²) in [5.41, 5.74) is 2.16. The largest absolute Gasteiger partial charge is 0.383 e. The van der Waals surface area contributed by atoms with E-state index in [9.17, 15) is 5.26 Å². The van der Waals surface area contributed by atoms with Crippen molar-refractivity contribution in [2.45, 2.75) is 11.3 Å². The molecule has 0 aromatic heterocycles. The average Bonchev–Trinajstić information content (AvgIpc) is 2.34. The molecule has 0 radical (unpaired) electrons. The monoisotopic (exact) mass is 246 g/mol. The Morgan fingerprint density at radius 1 is 1.47 bits per heavy atom. The van der Waals surface area contributed by atoms with Gasteiger partial charge >= 0.3 is 0 Å². The van der Waals surface area contributed by atoms with E-state index in [0.29, 0.717) is 13.2 Å². The van der Waals surface area contributed by atoms with E-state index in [0.717, 1.165) is 18.7 Å². The summed E-state index contributed by atoms with van der Waals surface area (Å²) >= 11 is 1.89. The number of nitrogens with zero attached hydrogens (tertiary/aromatic N) is 1. The lowest BCUT2D eigenvalue weighted by Gasteiger charge is -2.35. The molecular weight excluding hydrogens is 232 g/mol. The number of rotatable bonds is 2. The minimum absolute atomic E-state index is 0.282. The Kier molecular flexibility index (Phi) is 2.73. The fraction of sp³-hybridized carbons (Fsp3) is 0.462. The van der Waals surface area contributed by atoms with E-state index >= 15 is 0 Å². The first-order valence-corrected chi connectivity index (χ1v) is 6.79. The van der Waals surface area contributed by atoms with Crippen LogP contribution >= 0.6 is 11.8 Å². The predicted molar refractivity (Wildman–Crippen MR) is 68.2 cm³/mol. The van der Waals surface area contributed by atoms with E-state index in [1.54, 1.807) is 0 Å². The van der Waals surface area contributed by atoms with Crippen LogP contribution in [0.25, 0.3) is 0 Å². The molecule has 1 aromatic carbocycles. The number of benzene rings is 1. The van der Waals surface area contributed by atoms with Crippen molar-refractivity contribution in [3.8, 4) is 6.07 Å². The maximum Gasteiger partial charge on any atom is 0.108 e. The third-order valence-corrected chi connectivity index (χ3v) is 4.33. The molecule has 0 bridgehead atoms. The molecule has 17 heavy (non-hydrogen) atoms. The highest BCUT2D eigenvalue weighted by atomic mass is 32.2. The van der Waals surface area contributed by atoms with Crippen molar-refractivity contribution in [3.05, 3.63) is 23.8 Å². The molecule has 4 heteroatoms. The van der Waals surface area contributed by atoms with Gasteiger partial charge in [-0.25, -0.2) is 0 Å². The van der Waals surface area contributed by atoms with Crippen LogP contribution in [0.2, 0.25) is 0 Å². The van der Waals surface area contributed by atoms with Gasteiger partial charge in [0.15, 0.2) is 0 Å². The Morgan fingerprint density at radius 3 is 3.06 bits per heavy atom. The Morgan fingerprint density at radius 2 is 2.35 bits per heavy atom. The van der Waals surface area contributed by atoms with Crippen molar-refractivity contribution in [3.63, 3.8) is 0 Å². The van der Waals surface area contributed by atoms with E-state index in [1.807, 2.05) is 11.8 Å². The van der Waals surface area contributed by atoms with Gasteiger partial charge in [-0.3, -0.25) is 0 Å². The third kappa shape index (κ3) is 2.01. The van der Waals surface area contributed by atoms with Crippen LogP contribution in [-0.2, 0) is 11.2 Å². The molecule has 1 saturated heterocycles. The number of nitrogens with one attached hydrogen (secondary N) is 1. The van der Waals surface area contributed by atoms with Crippen LogP contribution in [0.4, 0.5) is 5.69 Å². The van der Waals surface area contributed by atoms with Crippen LogP contribution in [0.5, 0.6) is 0 Å². The first-order chi connectivity index (χ1) is 8.31. The first kappa shape index (κ1) is 10.9. The van der Waals surface area contributed by atoms with Crippen LogP contribution < -0.4 is 5.32 Å². The van der Waals surface area contributed by atoms with Gasteiger partial charge in [0, 0.05) is 22.9 Å². The second kappa shape index (κ2) is 4.25. The lowest BCUT2D eigenvalue weighted by molar-refractivity contribution is -0.0765. The fourth-order valence-electron chi connectivity index (χ4n) is 2.24. The number of hydrogen-bond acceptors (Lipinski definition) is 4. The second-order valence-electron chi connectivity index (χ2n) is 4.67. The van der Waals surface area contributed by atoms with Gasteiger partial charge in [0.2, 0.25) is 0 Å². The quantitative estimate of drug-likeness (QED) is 0.869. The number of anilines is 1. The van der Waals surface area contributed by atoms with Crippen LogP contribution in [-0.4, -0.2) is 25.5 Å². The van der Waals surface area contributed by atoms with Gasteiger partial charge in [0.1, 0.15) is 5.41 Å². The lowest BCUT2D eigenvalue weighted by atomic mass is 9.81. The second-order valence-corrected chi connectivity index (χ2v) is 5.80. The van der Waals surface area contributed by atoms with E-state index in [2.05, 4.69) is 29.6 Å². The molecule has 1 fully saturated rings. The number of nitriles is 1. The molecule has 3 nitrogen and oxygen atoms in total. The molecule has 1 N–H and O–H groups in total. The Labute approximate surface area is 105 Å². The molecule has 2 aliphatic rings. The predicted octanol–water partition coefficient (Wildman–Crippen LogP) is 2.29. The summed E-state index contributed by atoms with van der Waals surface area (Å²) in [7, 11) is 0. The molecule has 0 saturated carbocycles. The van der Waals surface area contributed by atoms with Crippen molar-refractivity contribution < 1.29 is 4.74 Å². The van der Waals surface area contributed by atoms with Crippen molar-refractivity contribution in [2.24, 2.45) is 5.41 Å². The summed E-state index contributed by atoms with van der Waals surface area (Å²) in [6.45, 7) is 2.17. The van der Waals surface area contributed by atoms with E-state index in [4.69, 9.17) is 4.74 Å². The Balaban J connectivity index is 1.82. The normalized spacial score (nSPS) is 20.6. The molecule has 0 spiro atoms. The van der Waals surface area contributed by atoms with Gasteiger partial charge < -0.3 is 10.1 Å². The Bertz CT molecular complexity index is 477. The zero-order valence-electron chi connectivity index (χ0n) is 9.53. The average molecular weight is 246 g/mol. The topological polar surface area (TPSA) is 45.0 Å². The molecule has 2 aliphatic heterocycles. The maximum absolute atomic E-state index is 9.19. The van der Waals surface area contributed by atoms with E-state index in [1.165, 1.54) is 16.1 Å². The summed E-state index contributed by atoms with van der Waals surface area (Å²) in [6.07, 6.45) is 0.795. The van der Waals surface area contributed by atoms with Gasteiger partial charge in [-0.05, 0) is 24.1 Å². The summed E-state index contributed by atoms with van der Waals surface area (Å²) in [5, 5.41) is 12.6. The van der Waals surface area contributed by atoms with Crippen molar-refractivity contribution in [1.29, 1.82) is 5.26 Å². The van der Waals surface area contributed by atoms with Gasteiger partial charge in [0.05, 0.1) is 19.3 Å². The third-order valence-electron chi connectivity index (χ3n) is 3.26. The molecule has 0 aliphatic carbocycles. The maximum atomic E-state index is 9.19. The number of ether oxygens (including phenoxy) is 1. The van der Waals surface area contributed by atoms with Crippen molar-refractivity contribution in [1.82, 2.24) is 0 Å². The summed E-state index contributed by atoms with van der Waals surface area (Å²) in [4.78, 5) is 1.32. The van der Waals surface area contributed by atoms with Crippen LogP contribution in [0.3, 0.4) is 0 Å². The fourth-order valence-corrected chi connectivity index (χ4v) is 3.12. The summed E-state index contributed by atoms with van der Waals surface area (Å²) in [6, 6.07) is 8.87. The van der Waals surface area contributed by atoms with Crippen LogP contribution in [0, 0.1) is 16.7 Å². The zero-order valence-corrected chi connectivity index (χ0v) is 10.3. The van der Waals surface area contributed by atoms with E-state index in [-0.39, 0.29) is 5.41 Å². The van der Waals surface area contributed by atoms with Gasteiger partial charge in [-0.2, -0.15) is 5.26 Å². The van der Waals surface area contributed by atoms with Crippen LogP contribution in [0.15, 0.2) is 23.1 Å². The SMILES string of the molecule is N#CC1(Cc2ccc3c(c2)NCCS3)COC1. The van der Waals surface area contributed by atoms with Crippen LogP contribution in [0.1, 0.15) is 5.56 Å². The molecule has 0 atom stereocenters. The standard InChI is InChI=1S/C13H14N2OS/c14-7-13(8-16-9-13)6-10-1-2-12-11(5-10)15-3-4-17-12/h1-2,5,15H,3-4,6,8-9H2. The minimum atomic E-state index is -0.282. The highest BCUT2D eigenvalue weighted by Crippen LogP contribution is 2.35.